The number of anilines is 2. The summed E-state index contributed by atoms with van der Waals surface area (Å²) in [6, 6.07) is 8.93. The molecule has 4 rings (SSSR count). The van der Waals surface area contributed by atoms with Gasteiger partial charge < -0.3 is 4.74 Å². The van der Waals surface area contributed by atoms with Crippen LogP contribution in [0.3, 0.4) is 0 Å². The minimum atomic E-state index is -0.451. The van der Waals surface area contributed by atoms with Crippen molar-refractivity contribution in [3.05, 3.63) is 56.6 Å². The van der Waals surface area contributed by atoms with Gasteiger partial charge in [-0.15, -0.1) is 0 Å². The Kier molecular flexibility index (Phi) is 6.72. The molecule has 0 amide bonds. The molecule has 15 heteroatoms. The highest BCUT2D eigenvalue weighted by Gasteiger charge is 2.10. The van der Waals surface area contributed by atoms with Gasteiger partial charge in [0, 0.05) is 24.3 Å². The summed E-state index contributed by atoms with van der Waals surface area (Å²) in [5.74, 6) is 0. The lowest BCUT2D eigenvalue weighted by Crippen LogP contribution is -2.01. The van der Waals surface area contributed by atoms with E-state index in [1.54, 1.807) is 12.1 Å². The van der Waals surface area contributed by atoms with Crippen molar-refractivity contribution in [1.82, 2.24) is 9.97 Å². The van der Waals surface area contributed by atoms with Crippen molar-refractivity contribution in [3.8, 4) is 0 Å². The zero-order valence-corrected chi connectivity index (χ0v) is 18.2. The van der Waals surface area contributed by atoms with Crippen LogP contribution in [0.2, 0.25) is 0 Å². The highest BCUT2D eigenvalue weighted by Crippen LogP contribution is 2.30. The zero-order valence-electron chi connectivity index (χ0n) is 16.6. The number of fused-ring (bicyclic) bond motifs is 2. The fourth-order valence-corrected chi connectivity index (χ4v) is 4.30. The number of nitro benzene ring substituents is 2. The van der Waals surface area contributed by atoms with E-state index in [4.69, 9.17) is 4.74 Å². The normalized spacial score (nSPS) is 11.6. The molecule has 0 atom stereocenters. The molecule has 0 unspecified atom stereocenters. The number of hydrogen-bond donors (Lipinski definition) is 2. The van der Waals surface area contributed by atoms with Crippen molar-refractivity contribution in [2.45, 2.75) is 0 Å². The van der Waals surface area contributed by atoms with Crippen LogP contribution in [0.1, 0.15) is 0 Å². The minimum absolute atomic E-state index is 0.0119. The molecule has 0 saturated heterocycles. The maximum absolute atomic E-state index is 10.8. The van der Waals surface area contributed by atoms with E-state index in [0.717, 1.165) is 0 Å². The summed E-state index contributed by atoms with van der Waals surface area (Å²) < 4.78 is 6.73. The fourth-order valence-electron chi connectivity index (χ4n) is 2.60. The van der Waals surface area contributed by atoms with Crippen molar-refractivity contribution < 1.29 is 14.6 Å². The van der Waals surface area contributed by atoms with Gasteiger partial charge >= 0.3 is 0 Å². The molecule has 4 aromatic rings. The van der Waals surface area contributed by atoms with Gasteiger partial charge in [0.05, 0.1) is 55.9 Å². The van der Waals surface area contributed by atoms with E-state index < -0.39 is 9.85 Å². The monoisotopic (exact) mass is 486 g/mol. The third-order valence-electron chi connectivity index (χ3n) is 4.05. The standard InChI is InChI=1S/C18H14N8O5S2/c27-25(28)11-1-3-13-15(9-11)32-17(21-13)23-19-5-7-31-8-6-20-24-18-22-14-4-2-12(26(29)30)10-16(14)33-18/h1-6,9-10H,7-8H2,(H,21,23)(H,22,24)/b19-5+,20-6+. The van der Waals surface area contributed by atoms with Crippen molar-refractivity contribution in [2.24, 2.45) is 10.2 Å². The number of thiazole rings is 2. The number of benzene rings is 2. The minimum Gasteiger partial charge on any atom is -0.370 e. The molecule has 2 aromatic heterocycles. The summed E-state index contributed by atoms with van der Waals surface area (Å²) in [5, 5.41) is 30.7. The van der Waals surface area contributed by atoms with E-state index in [9.17, 15) is 20.2 Å². The van der Waals surface area contributed by atoms with Crippen LogP contribution in [0, 0.1) is 20.2 Å². The summed E-state index contributed by atoms with van der Waals surface area (Å²) in [6.07, 6.45) is 3.02. The first-order valence-electron chi connectivity index (χ1n) is 9.22. The summed E-state index contributed by atoms with van der Waals surface area (Å²) in [6.45, 7) is 0.445. The average molecular weight is 486 g/mol. The lowest BCUT2D eigenvalue weighted by atomic mass is 10.3. The molecule has 0 aliphatic heterocycles. The Bertz CT molecular complexity index is 1280. The van der Waals surface area contributed by atoms with Crippen LogP contribution in [0.5, 0.6) is 0 Å². The molecule has 0 fully saturated rings. The van der Waals surface area contributed by atoms with Gasteiger partial charge in [0.1, 0.15) is 0 Å². The highest BCUT2D eigenvalue weighted by atomic mass is 32.1. The Balaban J connectivity index is 1.19. The summed E-state index contributed by atoms with van der Waals surface area (Å²) >= 11 is 2.51. The molecule has 2 aromatic carbocycles. The average Bonchev–Trinajstić information content (AvgIpc) is 3.39. The molecule has 0 aliphatic rings. The number of ether oxygens (including phenoxy) is 1. The molecule has 2 N–H and O–H groups in total. The molecule has 0 radical (unpaired) electrons. The Hall–Kier alpha value is -4.08. The summed E-state index contributed by atoms with van der Waals surface area (Å²) in [4.78, 5) is 29.3. The molecule has 0 saturated carbocycles. The van der Waals surface area contributed by atoms with E-state index in [2.05, 4.69) is 31.0 Å². The topological polar surface area (TPSA) is 170 Å². The van der Waals surface area contributed by atoms with E-state index >= 15 is 0 Å². The quantitative estimate of drug-likeness (QED) is 0.144. The van der Waals surface area contributed by atoms with Crippen LogP contribution >= 0.6 is 22.7 Å². The Labute approximate surface area is 192 Å². The van der Waals surface area contributed by atoms with Crippen LogP contribution in [-0.2, 0) is 4.74 Å². The van der Waals surface area contributed by atoms with E-state index in [1.165, 1.54) is 59.4 Å². The zero-order chi connectivity index (χ0) is 23.2. The second kappa shape index (κ2) is 10.0. The maximum atomic E-state index is 10.8. The largest absolute Gasteiger partial charge is 0.370 e. The van der Waals surface area contributed by atoms with E-state index in [1.807, 2.05) is 0 Å². The van der Waals surface area contributed by atoms with Gasteiger partial charge in [0.25, 0.3) is 11.4 Å². The first kappa shape index (κ1) is 22.1. The fraction of sp³-hybridized carbons (Fsp3) is 0.111. The van der Waals surface area contributed by atoms with Gasteiger partial charge in [-0.05, 0) is 12.1 Å². The second-order valence-electron chi connectivity index (χ2n) is 6.24. The molecule has 0 bridgehead atoms. The number of non-ortho nitro benzene ring substituents is 2. The highest BCUT2D eigenvalue weighted by molar-refractivity contribution is 7.22. The van der Waals surface area contributed by atoms with Crippen molar-refractivity contribution >= 4 is 77.2 Å². The SMILES string of the molecule is O=[N+]([O-])c1ccc2nc(N/N=C/COC/C=N/Nc3nc4ccc([N+](=O)[O-])cc4s3)sc2c1. The number of nitro groups is 2. The smallest absolute Gasteiger partial charge is 0.270 e. The lowest BCUT2D eigenvalue weighted by molar-refractivity contribution is -0.384. The van der Waals surface area contributed by atoms with Gasteiger partial charge in [-0.25, -0.2) is 9.97 Å². The summed E-state index contributed by atoms with van der Waals surface area (Å²) in [7, 11) is 0. The number of nitrogens with one attached hydrogen (secondary N) is 2. The third-order valence-corrected chi connectivity index (χ3v) is 5.90. The van der Waals surface area contributed by atoms with Gasteiger partial charge in [-0.2, -0.15) is 10.2 Å². The number of hydrazone groups is 2. The van der Waals surface area contributed by atoms with E-state index in [0.29, 0.717) is 30.7 Å². The number of nitrogens with zero attached hydrogens (tertiary/aromatic N) is 6. The predicted octanol–water partition coefficient (Wildman–Crippen LogP) is 4.23. The van der Waals surface area contributed by atoms with Gasteiger partial charge in [0.15, 0.2) is 0 Å². The van der Waals surface area contributed by atoms with E-state index in [-0.39, 0.29) is 24.6 Å². The predicted molar refractivity (Wildman–Crippen MR) is 128 cm³/mol. The molecule has 13 nitrogen and oxygen atoms in total. The van der Waals surface area contributed by atoms with Gasteiger partial charge in [-0.1, -0.05) is 22.7 Å². The third kappa shape index (κ3) is 5.59. The molecule has 0 aliphatic carbocycles. The van der Waals surface area contributed by atoms with Crippen molar-refractivity contribution in [2.75, 3.05) is 24.1 Å². The summed E-state index contributed by atoms with van der Waals surface area (Å²) in [5.41, 5.74) is 6.84. The van der Waals surface area contributed by atoms with Crippen LogP contribution in [0.4, 0.5) is 21.6 Å². The first-order valence-corrected chi connectivity index (χ1v) is 10.9. The molecule has 33 heavy (non-hydrogen) atoms. The van der Waals surface area contributed by atoms with Crippen molar-refractivity contribution in [3.63, 3.8) is 0 Å². The van der Waals surface area contributed by atoms with Crippen LogP contribution in [0.15, 0.2) is 46.6 Å². The Morgan fingerprint density at radius 2 is 1.30 bits per heavy atom. The van der Waals surface area contributed by atoms with Crippen LogP contribution in [0.25, 0.3) is 20.4 Å². The number of hydrogen-bond acceptors (Lipinski definition) is 13. The van der Waals surface area contributed by atoms with Gasteiger partial charge in [-0.3, -0.25) is 31.1 Å². The molecule has 2 heterocycles. The van der Waals surface area contributed by atoms with Gasteiger partial charge in [0.2, 0.25) is 10.3 Å². The first-order chi connectivity index (χ1) is 16.0. The molecule has 0 spiro atoms. The Morgan fingerprint density at radius 3 is 1.73 bits per heavy atom. The maximum Gasteiger partial charge on any atom is 0.270 e. The number of aromatic nitrogens is 2. The lowest BCUT2D eigenvalue weighted by Gasteiger charge is -1.96. The molecular formula is C18H14N8O5S2. The molecular weight excluding hydrogens is 472 g/mol. The van der Waals surface area contributed by atoms with Crippen molar-refractivity contribution in [1.29, 1.82) is 0 Å². The van der Waals surface area contributed by atoms with Crippen LogP contribution in [-0.4, -0.2) is 45.5 Å². The second-order valence-corrected chi connectivity index (χ2v) is 8.30. The van der Waals surface area contributed by atoms with Crippen LogP contribution < -0.4 is 10.9 Å². The molecule has 168 valence electrons. The Morgan fingerprint density at radius 1 is 0.848 bits per heavy atom. The number of rotatable bonds is 10.